The highest BCUT2D eigenvalue weighted by Gasteiger charge is 2.41. The Morgan fingerprint density at radius 3 is 2.30 bits per heavy atom. The molecule has 0 spiro atoms. The van der Waals surface area contributed by atoms with Gasteiger partial charge in [0.25, 0.3) is 11.8 Å². The molecule has 0 aromatic heterocycles. The molecule has 9 heteroatoms. The van der Waals surface area contributed by atoms with Gasteiger partial charge in [0.05, 0.1) is 36.9 Å². The first-order valence-corrected chi connectivity index (χ1v) is 13.2. The van der Waals surface area contributed by atoms with Gasteiger partial charge in [-0.05, 0) is 47.9 Å². The van der Waals surface area contributed by atoms with Gasteiger partial charge >= 0.3 is 0 Å². The lowest BCUT2D eigenvalue weighted by Gasteiger charge is -2.17. The topological polar surface area (TPSA) is 59.1 Å². The monoisotopic (exact) mass is 550 g/mol. The molecule has 188 valence electrons. The quantitative estimate of drug-likeness (QED) is 0.277. The van der Waals surface area contributed by atoms with Crippen LogP contribution in [-0.4, -0.2) is 41.8 Å². The molecular formula is C28H23ClN2O4S2. The Kier molecular flexibility index (Phi) is 7.24. The molecule has 2 aliphatic heterocycles. The van der Waals surface area contributed by atoms with Gasteiger partial charge in [0.15, 0.2) is 11.5 Å². The molecule has 0 unspecified atom stereocenters. The minimum Gasteiger partial charge on any atom is -0.493 e. The van der Waals surface area contributed by atoms with Gasteiger partial charge in [-0.2, -0.15) is 0 Å². The van der Waals surface area contributed by atoms with Crippen molar-refractivity contribution in [2.45, 2.75) is 13.0 Å². The molecule has 0 aliphatic carbocycles. The summed E-state index contributed by atoms with van der Waals surface area (Å²) >= 11 is 12.8. The maximum absolute atomic E-state index is 13.7. The van der Waals surface area contributed by atoms with E-state index in [4.69, 9.17) is 33.3 Å². The zero-order valence-electron chi connectivity index (χ0n) is 20.2. The van der Waals surface area contributed by atoms with Gasteiger partial charge < -0.3 is 14.4 Å². The number of anilines is 1. The van der Waals surface area contributed by atoms with Crippen LogP contribution in [0.2, 0.25) is 5.02 Å². The van der Waals surface area contributed by atoms with Crippen molar-refractivity contribution in [1.82, 2.24) is 4.90 Å². The third-order valence-electron chi connectivity index (χ3n) is 6.33. The zero-order chi connectivity index (χ0) is 26.1. The average molecular weight is 551 g/mol. The van der Waals surface area contributed by atoms with Crippen molar-refractivity contribution in [3.8, 4) is 11.5 Å². The molecule has 3 aromatic carbocycles. The van der Waals surface area contributed by atoms with Crippen LogP contribution in [0.3, 0.4) is 0 Å². The van der Waals surface area contributed by atoms with E-state index in [1.165, 1.54) is 11.8 Å². The van der Waals surface area contributed by atoms with Crippen molar-refractivity contribution in [2.75, 3.05) is 25.7 Å². The van der Waals surface area contributed by atoms with E-state index in [1.807, 2.05) is 54.6 Å². The fourth-order valence-corrected chi connectivity index (χ4v) is 5.95. The van der Waals surface area contributed by atoms with Crippen LogP contribution in [0.5, 0.6) is 11.5 Å². The third kappa shape index (κ3) is 4.84. The van der Waals surface area contributed by atoms with Crippen LogP contribution in [-0.2, 0) is 22.6 Å². The highest BCUT2D eigenvalue weighted by molar-refractivity contribution is 8.26. The van der Waals surface area contributed by atoms with E-state index in [2.05, 4.69) is 0 Å². The molecule has 3 aromatic rings. The first-order valence-electron chi connectivity index (χ1n) is 11.6. The standard InChI is InChI=1S/C28H23ClN2O4S2/c1-34-22-12-9-17(15-23(22)35-2)13-14-30-27(33)25(37-28(30)36)24-20-5-3-4-6-21(20)31(26(24)32)16-18-7-10-19(29)11-8-18/h3-12,15H,13-14,16H2,1-2H3/b25-24-. The molecule has 0 bridgehead atoms. The fraction of sp³-hybridized carbons (Fsp3) is 0.179. The maximum atomic E-state index is 13.7. The second-order valence-corrected chi connectivity index (χ2v) is 10.6. The van der Waals surface area contributed by atoms with Gasteiger partial charge in [0.2, 0.25) is 0 Å². The molecule has 0 atom stereocenters. The van der Waals surface area contributed by atoms with Gasteiger partial charge in [-0.3, -0.25) is 14.5 Å². The Hall–Kier alpha value is -3.33. The van der Waals surface area contributed by atoms with Crippen LogP contribution >= 0.6 is 35.6 Å². The number of hydrogen-bond acceptors (Lipinski definition) is 6. The Morgan fingerprint density at radius 2 is 1.57 bits per heavy atom. The van der Waals surface area contributed by atoms with Crippen LogP contribution < -0.4 is 14.4 Å². The molecular weight excluding hydrogens is 528 g/mol. The number of carbonyl (C=O) groups is 2. The summed E-state index contributed by atoms with van der Waals surface area (Å²) in [6.07, 6.45) is 0.572. The molecule has 1 saturated heterocycles. The smallest absolute Gasteiger partial charge is 0.267 e. The Bertz CT molecular complexity index is 1440. The van der Waals surface area contributed by atoms with E-state index in [1.54, 1.807) is 36.2 Å². The van der Waals surface area contributed by atoms with Crippen molar-refractivity contribution >= 4 is 63.0 Å². The van der Waals surface area contributed by atoms with Crippen LogP contribution in [0.1, 0.15) is 16.7 Å². The molecule has 0 radical (unpaired) electrons. The number of halogens is 1. The molecule has 0 N–H and O–H groups in total. The lowest BCUT2D eigenvalue weighted by molar-refractivity contribution is -0.122. The number of methoxy groups -OCH3 is 2. The summed E-state index contributed by atoms with van der Waals surface area (Å²) in [5, 5.41) is 0.634. The van der Waals surface area contributed by atoms with Crippen molar-refractivity contribution in [3.05, 3.63) is 93.3 Å². The van der Waals surface area contributed by atoms with E-state index in [-0.39, 0.29) is 11.8 Å². The summed E-state index contributed by atoms with van der Waals surface area (Å²) in [4.78, 5) is 30.8. The summed E-state index contributed by atoms with van der Waals surface area (Å²) < 4.78 is 11.1. The number of fused-ring (bicyclic) bond motifs is 1. The third-order valence-corrected chi connectivity index (χ3v) is 8.03. The minimum absolute atomic E-state index is 0.212. The van der Waals surface area contributed by atoms with Crippen molar-refractivity contribution in [3.63, 3.8) is 0 Å². The highest BCUT2D eigenvalue weighted by atomic mass is 35.5. The number of amides is 2. The summed E-state index contributed by atoms with van der Waals surface area (Å²) in [5.74, 6) is 0.808. The SMILES string of the molecule is COc1ccc(CCN2C(=O)/C(=C3/C(=O)N(Cc4ccc(Cl)cc4)c4ccccc43)SC2=S)cc1OC. The largest absolute Gasteiger partial charge is 0.493 e. The van der Waals surface area contributed by atoms with Crippen LogP contribution in [0, 0.1) is 0 Å². The van der Waals surface area contributed by atoms with Gasteiger partial charge in [0, 0.05) is 17.1 Å². The molecule has 0 saturated carbocycles. The molecule has 37 heavy (non-hydrogen) atoms. The van der Waals surface area contributed by atoms with Crippen LogP contribution in [0.4, 0.5) is 5.69 Å². The number of hydrogen-bond donors (Lipinski definition) is 0. The van der Waals surface area contributed by atoms with E-state index in [0.29, 0.717) is 50.8 Å². The maximum Gasteiger partial charge on any atom is 0.267 e. The second kappa shape index (κ2) is 10.6. The predicted molar refractivity (Wildman–Crippen MR) is 151 cm³/mol. The lowest BCUT2D eigenvalue weighted by Crippen LogP contribution is -2.31. The van der Waals surface area contributed by atoms with Gasteiger partial charge in [0.1, 0.15) is 4.32 Å². The Labute approximate surface area is 229 Å². The lowest BCUT2D eigenvalue weighted by atomic mass is 10.1. The Morgan fingerprint density at radius 1 is 0.865 bits per heavy atom. The zero-order valence-corrected chi connectivity index (χ0v) is 22.6. The fourth-order valence-electron chi connectivity index (χ4n) is 4.45. The van der Waals surface area contributed by atoms with Gasteiger partial charge in [-0.15, -0.1) is 0 Å². The minimum atomic E-state index is -0.248. The van der Waals surface area contributed by atoms with Crippen LogP contribution in [0.25, 0.3) is 5.57 Å². The number of ether oxygens (including phenoxy) is 2. The second-order valence-electron chi connectivity index (χ2n) is 8.50. The van der Waals surface area contributed by atoms with E-state index < -0.39 is 0 Å². The summed E-state index contributed by atoms with van der Waals surface area (Å²) in [7, 11) is 3.17. The highest BCUT2D eigenvalue weighted by Crippen LogP contribution is 2.45. The van der Waals surface area contributed by atoms with E-state index in [9.17, 15) is 9.59 Å². The van der Waals surface area contributed by atoms with Crippen molar-refractivity contribution < 1.29 is 19.1 Å². The summed E-state index contributed by atoms with van der Waals surface area (Å²) in [6, 6.07) is 20.6. The molecule has 5 rings (SSSR count). The Balaban J connectivity index is 1.41. The van der Waals surface area contributed by atoms with Crippen molar-refractivity contribution in [1.29, 1.82) is 0 Å². The predicted octanol–water partition coefficient (Wildman–Crippen LogP) is 5.72. The molecule has 2 aliphatic rings. The molecule has 6 nitrogen and oxygen atoms in total. The summed E-state index contributed by atoms with van der Waals surface area (Å²) in [6.45, 7) is 0.761. The van der Waals surface area contributed by atoms with E-state index in [0.717, 1.165) is 22.4 Å². The van der Waals surface area contributed by atoms with Crippen LogP contribution in [0.15, 0.2) is 71.6 Å². The number of rotatable bonds is 7. The molecule has 1 fully saturated rings. The normalized spacial score (nSPS) is 17.0. The average Bonchev–Trinajstić information content (AvgIpc) is 3.35. The number of nitrogens with zero attached hydrogens (tertiary/aromatic N) is 2. The first kappa shape index (κ1) is 25.3. The number of thiocarbonyl (C=S) groups is 1. The van der Waals surface area contributed by atoms with Crippen molar-refractivity contribution in [2.24, 2.45) is 0 Å². The van der Waals surface area contributed by atoms with Gasteiger partial charge in [-0.25, -0.2) is 0 Å². The number of para-hydroxylation sites is 1. The number of thioether (sulfide) groups is 1. The number of carbonyl (C=O) groups excluding carboxylic acids is 2. The molecule has 2 amide bonds. The van der Waals surface area contributed by atoms with Gasteiger partial charge in [-0.1, -0.05) is 72.0 Å². The van der Waals surface area contributed by atoms with E-state index >= 15 is 0 Å². The molecule has 2 heterocycles. The number of benzene rings is 3. The first-order chi connectivity index (χ1) is 17.9. The summed E-state index contributed by atoms with van der Waals surface area (Å²) in [5.41, 5.74) is 3.83.